The third-order valence-corrected chi connectivity index (χ3v) is 6.21. The van der Waals surface area contributed by atoms with Gasteiger partial charge in [0.25, 0.3) is 5.91 Å². The number of fused-ring (bicyclic) bond motifs is 1. The Morgan fingerprint density at radius 2 is 1.78 bits per heavy atom. The number of anilines is 1. The summed E-state index contributed by atoms with van der Waals surface area (Å²) >= 11 is 1.51. The largest absolute Gasteiger partial charge is 0.494 e. The molecule has 0 saturated heterocycles. The molecule has 174 valence electrons. The fourth-order valence-corrected chi connectivity index (χ4v) is 4.35. The summed E-state index contributed by atoms with van der Waals surface area (Å²) in [6, 6.07) is 13.6. The fourth-order valence-electron chi connectivity index (χ4n) is 3.31. The van der Waals surface area contributed by atoms with E-state index in [1.807, 2.05) is 56.3 Å². The van der Waals surface area contributed by atoms with Gasteiger partial charge in [0.2, 0.25) is 0 Å². The van der Waals surface area contributed by atoms with Crippen molar-refractivity contribution in [2.24, 2.45) is 0 Å². The summed E-state index contributed by atoms with van der Waals surface area (Å²) in [6.07, 6.45) is 0. The van der Waals surface area contributed by atoms with Crippen molar-refractivity contribution in [2.45, 2.75) is 27.7 Å². The van der Waals surface area contributed by atoms with Crippen LogP contribution < -0.4 is 14.4 Å². The van der Waals surface area contributed by atoms with Gasteiger partial charge in [-0.2, -0.15) is 0 Å². The summed E-state index contributed by atoms with van der Waals surface area (Å²) in [5.41, 5.74) is 1.87. The summed E-state index contributed by atoms with van der Waals surface area (Å²) in [5, 5.41) is 0.689. The first-order valence-electron chi connectivity index (χ1n) is 10.8. The summed E-state index contributed by atoms with van der Waals surface area (Å²) < 4.78 is 12.4. The van der Waals surface area contributed by atoms with Crippen molar-refractivity contribution < 1.29 is 14.3 Å². The molecular formula is C24H32ClN3O3S. The van der Waals surface area contributed by atoms with E-state index >= 15 is 0 Å². The molecule has 0 aliphatic carbocycles. The predicted octanol–water partition coefficient (Wildman–Crippen LogP) is 5.18. The Hall–Kier alpha value is -2.35. The Labute approximate surface area is 200 Å². The van der Waals surface area contributed by atoms with E-state index in [9.17, 15) is 4.79 Å². The van der Waals surface area contributed by atoms with Crippen LogP contribution in [0.25, 0.3) is 10.2 Å². The molecule has 0 atom stereocenters. The highest BCUT2D eigenvalue weighted by Gasteiger charge is 2.21. The monoisotopic (exact) mass is 477 g/mol. The number of carbonyl (C=O) groups excluding carboxylic acids is 1. The molecule has 1 heterocycles. The molecule has 1 aromatic heterocycles. The van der Waals surface area contributed by atoms with E-state index in [1.54, 1.807) is 4.90 Å². The van der Waals surface area contributed by atoms with Gasteiger partial charge in [-0.3, -0.25) is 9.69 Å². The number of aryl methyl sites for hydroxylation is 1. The van der Waals surface area contributed by atoms with Crippen LogP contribution in [0.15, 0.2) is 42.5 Å². The number of nitrogens with zero attached hydrogens (tertiary/aromatic N) is 3. The molecule has 2 aromatic carbocycles. The number of hydrogen-bond donors (Lipinski definition) is 0. The van der Waals surface area contributed by atoms with Gasteiger partial charge in [-0.15, -0.1) is 12.4 Å². The van der Waals surface area contributed by atoms with Gasteiger partial charge < -0.3 is 14.4 Å². The molecule has 0 bridgehead atoms. The van der Waals surface area contributed by atoms with Crippen molar-refractivity contribution >= 4 is 45.0 Å². The minimum Gasteiger partial charge on any atom is -0.494 e. The topological polar surface area (TPSA) is 54.9 Å². The third kappa shape index (κ3) is 6.58. The highest BCUT2D eigenvalue weighted by atomic mass is 35.5. The third-order valence-electron chi connectivity index (χ3n) is 5.17. The van der Waals surface area contributed by atoms with E-state index in [0.29, 0.717) is 18.3 Å². The number of likely N-dealkylation sites (N-methyl/N-ethyl adjacent to an activating group) is 1. The van der Waals surface area contributed by atoms with Gasteiger partial charge in [-0.05, 0) is 56.8 Å². The number of thiazole rings is 1. The Morgan fingerprint density at radius 3 is 2.47 bits per heavy atom. The summed E-state index contributed by atoms with van der Waals surface area (Å²) in [4.78, 5) is 22.0. The van der Waals surface area contributed by atoms with Crippen LogP contribution in [-0.2, 0) is 4.79 Å². The molecule has 6 nitrogen and oxygen atoms in total. The number of aromatic nitrogens is 1. The lowest BCUT2D eigenvalue weighted by molar-refractivity contribution is -0.120. The number of halogens is 1. The molecule has 32 heavy (non-hydrogen) atoms. The van der Waals surface area contributed by atoms with E-state index in [0.717, 1.165) is 46.9 Å². The standard InChI is InChI=1S/C24H31N3O3S.ClH/c1-5-26(6-2)14-15-27(23(28)17-30-21-11-9-8-10-18(21)4)24-25-20-13-12-19(29-7-3)16-22(20)31-24;/h8-13,16H,5-7,14-15,17H2,1-4H3;1H. The lowest BCUT2D eigenvalue weighted by Crippen LogP contribution is -2.41. The van der Waals surface area contributed by atoms with Gasteiger partial charge in [-0.25, -0.2) is 4.98 Å². The van der Waals surface area contributed by atoms with Crippen molar-refractivity contribution in [3.05, 3.63) is 48.0 Å². The first-order chi connectivity index (χ1) is 15.0. The minimum absolute atomic E-state index is 0. The molecule has 3 aromatic rings. The van der Waals surface area contributed by atoms with E-state index in [4.69, 9.17) is 14.5 Å². The van der Waals surface area contributed by atoms with Crippen LogP contribution in [0.2, 0.25) is 0 Å². The Kier molecular flexibility index (Phi) is 10.2. The smallest absolute Gasteiger partial charge is 0.266 e. The van der Waals surface area contributed by atoms with E-state index in [1.165, 1.54) is 11.3 Å². The zero-order valence-electron chi connectivity index (χ0n) is 19.2. The van der Waals surface area contributed by atoms with E-state index in [2.05, 4.69) is 18.7 Å². The van der Waals surface area contributed by atoms with Crippen molar-refractivity contribution in [2.75, 3.05) is 44.3 Å². The number of hydrogen-bond acceptors (Lipinski definition) is 6. The van der Waals surface area contributed by atoms with Gasteiger partial charge in [0, 0.05) is 13.1 Å². The molecule has 0 aliphatic rings. The molecule has 3 rings (SSSR count). The average molecular weight is 478 g/mol. The molecule has 0 spiro atoms. The summed E-state index contributed by atoms with van der Waals surface area (Å²) in [5.74, 6) is 1.44. The quantitative estimate of drug-likeness (QED) is 0.381. The van der Waals surface area contributed by atoms with Crippen LogP contribution >= 0.6 is 23.7 Å². The van der Waals surface area contributed by atoms with Gasteiger partial charge in [0.15, 0.2) is 11.7 Å². The lowest BCUT2D eigenvalue weighted by atomic mass is 10.2. The van der Waals surface area contributed by atoms with Crippen molar-refractivity contribution in [3.8, 4) is 11.5 Å². The van der Waals surface area contributed by atoms with Crippen LogP contribution in [0.5, 0.6) is 11.5 Å². The highest BCUT2D eigenvalue weighted by Crippen LogP contribution is 2.31. The molecule has 0 fully saturated rings. The number of ether oxygens (including phenoxy) is 2. The maximum absolute atomic E-state index is 13.2. The molecular weight excluding hydrogens is 446 g/mol. The fraction of sp³-hybridized carbons (Fsp3) is 0.417. The van der Waals surface area contributed by atoms with Gasteiger partial charge >= 0.3 is 0 Å². The van der Waals surface area contributed by atoms with Crippen molar-refractivity contribution in [1.82, 2.24) is 9.88 Å². The van der Waals surface area contributed by atoms with E-state index < -0.39 is 0 Å². The number of amides is 1. The first-order valence-corrected chi connectivity index (χ1v) is 11.6. The van der Waals surface area contributed by atoms with Crippen LogP contribution in [0.4, 0.5) is 5.13 Å². The molecule has 0 N–H and O–H groups in total. The lowest BCUT2D eigenvalue weighted by Gasteiger charge is -2.24. The normalized spacial score (nSPS) is 10.8. The second kappa shape index (κ2) is 12.6. The SMILES string of the molecule is CCOc1ccc2nc(N(CCN(CC)CC)C(=O)COc3ccccc3C)sc2c1.Cl. The molecule has 0 unspecified atom stereocenters. The Balaban J connectivity index is 0.00000363. The summed E-state index contributed by atoms with van der Waals surface area (Å²) in [7, 11) is 0. The number of benzene rings is 2. The maximum atomic E-state index is 13.2. The second-order valence-corrected chi connectivity index (χ2v) is 8.19. The molecule has 0 saturated carbocycles. The van der Waals surface area contributed by atoms with Crippen LogP contribution in [0, 0.1) is 6.92 Å². The maximum Gasteiger partial charge on any atom is 0.266 e. The zero-order chi connectivity index (χ0) is 22.2. The Morgan fingerprint density at radius 1 is 1.03 bits per heavy atom. The Bertz CT molecular complexity index is 1010. The first kappa shape index (κ1) is 25.9. The van der Waals surface area contributed by atoms with Crippen molar-refractivity contribution in [3.63, 3.8) is 0 Å². The highest BCUT2D eigenvalue weighted by molar-refractivity contribution is 7.22. The van der Waals surface area contributed by atoms with Gasteiger partial charge in [0.1, 0.15) is 11.5 Å². The van der Waals surface area contributed by atoms with E-state index in [-0.39, 0.29) is 24.9 Å². The number of carbonyl (C=O) groups is 1. The zero-order valence-corrected chi connectivity index (χ0v) is 20.8. The minimum atomic E-state index is -0.0977. The van der Waals surface area contributed by atoms with Gasteiger partial charge in [-0.1, -0.05) is 43.4 Å². The molecule has 0 radical (unpaired) electrons. The predicted molar refractivity (Wildman–Crippen MR) is 135 cm³/mol. The molecule has 0 aliphatic heterocycles. The molecule has 8 heteroatoms. The van der Waals surface area contributed by atoms with Crippen LogP contribution in [-0.4, -0.2) is 55.2 Å². The second-order valence-electron chi connectivity index (χ2n) is 7.19. The van der Waals surface area contributed by atoms with Gasteiger partial charge in [0.05, 0.1) is 16.8 Å². The van der Waals surface area contributed by atoms with Crippen molar-refractivity contribution in [1.29, 1.82) is 0 Å². The summed E-state index contributed by atoms with van der Waals surface area (Å²) in [6.45, 7) is 12.0. The average Bonchev–Trinajstić information content (AvgIpc) is 3.19. The number of rotatable bonds is 11. The van der Waals surface area contributed by atoms with Crippen LogP contribution in [0.3, 0.4) is 0 Å². The van der Waals surface area contributed by atoms with Crippen LogP contribution in [0.1, 0.15) is 26.3 Å². The number of para-hydroxylation sites is 1. The molecule has 1 amide bonds.